The molecule has 0 radical (unpaired) electrons. The van der Waals surface area contributed by atoms with Crippen molar-refractivity contribution >= 4 is 0 Å². The van der Waals surface area contributed by atoms with Gasteiger partial charge in [-0.05, 0) is 19.3 Å². The fraction of sp³-hybridized carbons (Fsp3) is 1.00. The van der Waals surface area contributed by atoms with Crippen LogP contribution in [-0.2, 0) is 14.2 Å². The van der Waals surface area contributed by atoms with Gasteiger partial charge in [0, 0.05) is 18.6 Å². The molecule has 0 N–H and O–H groups in total. The van der Waals surface area contributed by atoms with Crippen molar-refractivity contribution in [3.8, 4) is 0 Å². The Morgan fingerprint density at radius 2 is 2.21 bits per heavy atom. The lowest BCUT2D eigenvalue weighted by Gasteiger charge is -2.40. The van der Waals surface area contributed by atoms with E-state index >= 15 is 0 Å². The van der Waals surface area contributed by atoms with Crippen molar-refractivity contribution in [2.45, 2.75) is 32.3 Å². The first-order valence-corrected chi connectivity index (χ1v) is 5.62. The standard InChI is InChI=1S/C11H20O3/c1-2-11(8-13-9-11)7-12-5-3-10-4-6-14-10/h10H,2-9H2,1H3. The highest BCUT2D eigenvalue weighted by molar-refractivity contribution is 4.83. The third kappa shape index (κ3) is 2.27. The highest BCUT2D eigenvalue weighted by Crippen LogP contribution is 2.31. The van der Waals surface area contributed by atoms with Gasteiger partial charge in [0.25, 0.3) is 0 Å². The average Bonchev–Trinajstić information content (AvgIpc) is 2.05. The molecule has 3 heteroatoms. The third-order valence-electron chi connectivity index (χ3n) is 3.35. The van der Waals surface area contributed by atoms with E-state index in [1.807, 2.05) is 0 Å². The summed E-state index contributed by atoms with van der Waals surface area (Å²) in [5, 5.41) is 0. The number of hydrogen-bond acceptors (Lipinski definition) is 3. The van der Waals surface area contributed by atoms with E-state index in [1.54, 1.807) is 0 Å². The van der Waals surface area contributed by atoms with E-state index in [2.05, 4.69) is 6.92 Å². The van der Waals surface area contributed by atoms with E-state index in [-0.39, 0.29) is 0 Å². The van der Waals surface area contributed by atoms with E-state index in [0.717, 1.165) is 45.9 Å². The zero-order valence-electron chi connectivity index (χ0n) is 8.96. The summed E-state index contributed by atoms with van der Waals surface area (Å²) >= 11 is 0. The molecule has 0 saturated carbocycles. The van der Waals surface area contributed by atoms with Crippen LogP contribution in [0.3, 0.4) is 0 Å². The maximum absolute atomic E-state index is 5.68. The summed E-state index contributed by atoms with van der Waals surface area (Å²) in [6, 6.07) is 0. The van der Waals surface area contributed by atoms with Crippen LogP contribution in [0.1, 0.15) is 26.2 Å². The molecule has 1 unspecified atom stereocenters. The Balaban J connectivity index is 1.53. The highest BCUT2D eigenvalue weighted by atomic mass is 16.5. The molecule has 2 saturated heterocycles. The molecule has 0 spiro atoms. The van der Waals surface area contributed by atoms with E-state index in [4.69, 9.17) is 14.2 Å². The van der Waals surface area contributed by atoms with Crippen molar-refractivity contribution in [1.29, 1.82) is 0 Å². The minimum absolute atomic E-state index is 0.334. The van der Waals surface area contributed by atoms with Gasteiger partial charge in [-0.3, -0.25) is 0 Å². The maximum Gasteiger partial charge on any atom is 0.0619 e. The van der Waals surface area contributed by atoms with Gasteiger partial charge in [0.15, 0.2) is 0 Å². The van der Waals surface area contributed by atoms with Crippen molar-refractivity contribution < 1.29 is 14.2 Å². The summed E-state index contributed by atoms with van der Waals surface area (Å²) in [6.45, 7) is 6.60. The minimum atomic E-state index is 0.334. The molecular weight excluding hydrogens is 180 g/mol. The second-order valence-electron chi connectivity index (χ2n) is 4.47. The predicted molar refractivity (Wildman–Crippen MR) is 53.3 cm³/mol. The number of hydrogen-bond donors (Lipinski definition) is 0. The second kappa shape index (κ2) is 4.60. The van der Waals surface area contributed by atoms with Gasteiger partial charge in [-0.1, -0.05) is 6.92 Å². The van der Waals surface area contributed by atoms with Crippen LogP contribution in [0.5, 0.6) is 0 Å². The van der Waals surface area contributed by atoms with Crippen molar-refractivity contribution in [1.82, 2.24) is 0 Å². The van der Waals surface area contributed by atoms with Gasteiger partial charge in [0.1, 0.15) is 0 Å². The van der Waals surface area contributed by atoms with Gasteiger partial charge < -0.3 is 14.2 Å². The Kier molecular flexibility index (Phi) is 3.42. The SMILES string of the molecule is CCC1(COCCC2CCO2)COC1. The zero-order chi connectivity index (χ0) is 9.86. The molecule has 3 nitrogen and oxygen atoms in total. The van der Waals surface area contributed by atoms with Gasteiger partial charge in [-0.2, -0.15) is 0 Å². The van der Waals surface area contributed by atoms with Gasteiger partial charge in [-0.25, -0.2) is 0 Å². The lowest BCUT2D eigenvalue weighted by atomic mass is 9.84. The van der Waals surface area contributed by atoms with E-state index in [1.165, 1.54) is 6.42 Å². The summed E-state index contributed by atoms with van der Waals surface area (Å²) < 4.78 is 16.2. The molecule has 0 aromatic rings. The summed E-state index contributed by atoms with van der Waals surface area (Å²) in [7, 11) is 0. The first-order valence-electron chi connectivity index (χ1n) is 5.62. The van der Waals surface area contributed by atoms with Crippen LogP contribution in [0.25, 0.3) is 0 Å². The second-order valence-corrected chi connectivity index (χ2v) is 4.47. The van der Waals surface area contributed by atoms with Gasteiger partial charge >= 0.3 is 0 Å². The molecule has 2 fully saturated rings. The third-order valence-corrected chi connectivity index (χ3v) is 3.35. The van der Waals surface area contributed by atoms with Crippen LogP contribution >= 0.6 is 0 Å². The summed E-state index contributed by atoms with van der Waals surface area (Å²) in [6.07, 6.45) is 3.91. The normalized spacial score (nSPS) is 29.4. The molecule has 0 amide bonds. The van der Waals surface area contributed by atoms with Crippen LogP contribution in [0.15, 0.2) is 0 Å². The fourth-order valence-corrected chi connectivity index (χ4v) is 1.80. The van der Waals surface area contributed by atoms with E-state index in [0.29, 0.717) is 11.5 Å². The van der Waals surface area contributed by atoms with Crippen LogP contribution in [0.4, 0.5) is 0 Å². The first kappa shape index (κ1) is 10.4. The molecule has 14 heavy (non-hydrogen) atoms. The van der Waals surface area contributed by atoms with Crippen molar-refractivity contribution in [3.05, 3.63) is 0 Å². The molecule has 1 atom stereocenters. The molecule has 2 aliphatic rings. The van der Waals surface area contributed by atoms with Gasteiger partial charge in [0.05, 0.1) is 25.9 Å². The Labute approximate surface area is 85.7 Å². The smallest absolute Gasteiger partial charge is 0.0619 e. The average molecular weight is 200 g/mol. The molecule has 0 bridgehead atoms. The monoisotopic (exact) mass is 200 g/mol. The molecule has 2 rings (SSSR count). The number of rotatable bonds is 6. The largest absolute Gasteiger partial charge is 0.381 e. The fourth-order valence-electron chi connectivity index (χ4n) is 1.80. The Hall–Kier alpha value is -0.120. The molecule has 2 heterocycles. The Bertz CT molecular complexity index is 168. The van der Waals surface area contributed by atoms with Gasteiger partial charge in [0.2, 0.25) is 0 Å². The molecular formula is C11H20O3. The van der Waals surface area contributed by atoms with Crippen LogP contribution in [0, 0.1) is 5.41 Å². The van der Waals surface area contributed by atoms with Crippen LogP contribution < -0.4 is 0 Å². The highest BCUT2D eigenvalue weighted by Gasteiger charge is 2.36. The summed E-state index contributed by atoms with van der Waals surface area (Å²) in [5.41, 5.74) is 0.334. The van der Waals surface area contributed by atoms with E-state index < -0.39 is 0 Å². The lowest BCUT2D eigenvalue weighted by molar-refractivity contribution is -0.154. The molecule has 2 aliphatic heterocycles. The predicted octanol–water partition coefficient (Wildman–Crippen LogP) is 1.61. The van der Waals surface area contributed by atoms with Crippen LogP contribution in [-0.4, -0.2) is 39.1 Å². The van der Waals surface area contributed by atoms with Crippen molar-refractivity contribution in [2.75, 3.05) is 33.0 Å². The maximum atomic E-state index is 5.68. The van der Waals surface area contributed by atoms with E-state index in [9.17, 15) is 0 Å². The molecule has 82 valence electrons. The molecule has 0 aromatic carbocycles. The zero-order valence-corrected chi connectivity index (χ0v) is 8.96. The van der Waals surface area contributed by atoms with Crippen molar-refractivity contribution in [2.24, 2.45) is 5.41 Å². The quantitative estimate of drug-likeness (QED) is 0.610. The van der Waals surface area contributed by atoms with Crippen LogP contribution in [0.2, 0.25) is 0 Å². The molecule has 0 aliphatic carbocycles. The molecule has 0 aromatic heterocycles. The minimum Gasteiger partial charge on any atom is -0.381 e. The summed E-state index contributed by atoms with van der Waals surface area (Å²) in [5.74, 6) is 0. The topological polar surface area (TPSA) is 27.7 Å². The number of ether oxygens (including phenoxy) is 3. The Morgan fingerprint density at radius 1 is 1.43 bits per heavy atom. The van der Waals surface area contributed by atoms with Gasteiger partial charge in [-0.15, -0.1) is 0 Å². The lowest BCUT2D eigenvalue weighted by Crippen LogP contribution is -2.45. The first-order chi connectivity index (χ1) is 6.85. The Morgan fingerprint density at radius 3 is 2.64 bits per heavy atom. The van der Waals surface area contributed by atoms with Crippen molar-refractivity contribution in [3.63, 3.8) is 0 Å². The summed E-state index contributed by atoms with van der Waals surface area (Å²) in [4.78, 5) is 0.